The Balaban J connectivity index is 3.50. The minimum atomic E-state index is -0.783. The van der Waals surface area contributed by atoms with E-state index in [0.29, 0.717) is 12.8 Å². The van der Waals surface area contributed by atoms with E-state index in [9.17, 15) is 9.59 Å². The summed E-state index contributed by atoms with van der Waals surface area (Å²) in [7, 11) is 0. The second-order valence-corrected chi connectivity index (χ2v) is 6.32. The number of unbranched alkanes of at least 4 members (excludes halogenated alkanes) is 7. The van der Waals surface area contributed by atoms with Crippen LogP contribution in [-0.2, 0) is 9.59 Å². The summed E-state index contributed by atoms with van der Waals surface area (Å²) >= 11 is 0. The van der Waals surface area contributed by atoms with Crippen molar-refractivity contribution in [1.29, 1.82) is 0 Å². The lowest BCUT2D eigenvalue weighted by atomic mass is 9.94. The van der Waals surface area contributed by atoms with Crippen LogP contribution in [0.4, 0.5) is 0 Å². The second-order valence-electron chi connectivity index (χ2n) is 6.32. The summed E-state index contributed by atoms with van der Waals surface area (Å²) < 4.78 is 0. The third kappa shape index (κ3) is 10.7. The van der Waals surface area contributed by atoms with Crippen molar-refractivity contribution in [2.24, 2.45) is 11.8 Å². The summed E-state index contributed by atoms with van der Waals surface area (Å²) in [6, 6.07) is 0. The largest absolute Gasteiger partial charge is 0.481 e. The van der Waals surface area contributed by atoms with Crippen molar-refractivity contribution in [3.63, 3.8) is 0 Å². The van der Waals surface area contributed by atoms with Crippen molar-refractivity contribution in [3.8, 4) is 0 Å². The monoisotopic (exact) mass is 324 g/mol. The highest BCUT2D eigenvalue weighted by atomic mass is 16.4. The van der Waals surface area contributed by atoms with Gasteiger partial charge in [0, 0.05) is 0 Å². The van der Waals surface area contributed by atoms with Crippen molar-refractivity contribution in [3.05, 3.63) is 24.8 Å². The van der Waals surface area contributed by atoms with E-state index >= 15 is 0 Å². The molecular formula is C19H32O4. The maximum absolute atomic E-state index is 11.0. The van der Waals surface area contributed by atoms with Crippen molar-refractivity contribution in [2.45, 2.75) is 71.1 Å². The van der Waals surface area contributed by atoms with Gasteiger partial charge in [-0.3, -0.25) is 9.59 Å². The van der Waals surface area contributed by atoms with Crippen LogP contribution in [0.2, 0.25) is 0 Å². The first-order valence-electron chi connectivity index (χ1n) is 8.63. The number of carboxylic acids is 2. The fourth-order valence-electron chi connectivity index (χ4n) is 2.70. The highest BCUT2D eigenvalue weighted by Crippen LogP contribution is 2.19. The van der Waals surface area contributed by atoms with Crippen LogP contribution in [0.3, 0.4) is 0 Å². The average molecular weight is 324 g/mol. The summed E-state index contributed by atoms with van der Waals surface area (Å²) in [5, 5.41) is 17.9. The number of hydrogen-bond acceptors (Lipinski definition) is 2. The lowest BCUT2D eigenvalue weighted by Crippen LogP contribution is -2.14. The van der Waals surface area contributed by atoms with Crippen LogP contribution in [0.15, 0.2) is 24.8 Å². The third-order valence-corrected chi connectivity index (χ3v) is 4.25. The Bertz CT molecular complexity index is 373. The summed E-state index contributed by atoms with van der Waals surface area (Å²) in [5.41, 5.74) is 0.733. The molecule has 0 aliphatic carbocycles. The van der Waals surface area contributed by atoms with Gasteiger partial charge in [-0.15, -0.1) is 6.58 Å². The normalized spacial score (nSPS) is 13.3. The Hall–Kier alpha value is -1.58. The molecular weight excluding hydrogens is 292 g/mol. The number of rotatable bonds is 15. The molecule has 2 N–H and O–H groups in total. The number of carbonyl (C=O) groups is 2. The Kier molecular flexibility index (Phi) is 12.0. The molecule has 4 nitrogen and oxygen atoms in total. The molecule has 0 aromatic rings. The number of hydrogen-bond donors (Lipinski definition) is 2. The van der Waals surface area contributed by atoms with E-state index in [1.165, 1.54) is 6.08 Å². The van der Waals surface area contributed by atoms with E-state index < -0.39 is 23.8 Å². The van der Waals surface area contributed by atoms with Gasteiger partial charge in [0.1, 0.15) is 0 Å². The van der Waals surface area contributed by atoms with Crippen LogP contribution in [0.1, 0.15) is 71.1 Å². The summed E-state index contributed by atoms with van der Waals surface area (Å²) in [4.78, 5) is 21.8. The van der Waals surface area contributed by atoms with E-state index in [0.717, 1.165) is 56.9 Å². The Morgan fingerprint density at radius 1 is 0.870 bits per heavy atom. The van der Waals surface area contributed by atoms with Crippen LogP contribution in [0.5, 0.6) is 0 Å². The molecule has 0 bridgehead atoms. The minimum absolute atomic E-state index is 0.401. The molecule has 0 saturated heterocycles. The molecule has 2 unspecified atom stereocenters. The quantitative estimate of drug-likeness (QED) is 0.326. The molecule has 0 radical (unpaired) electrons. The van der Waals surface area contributed by atoms with Crippen molar-refractivity contribution >= 4 is 11.9 Å². The molecule has 0 aromatic carbocycles. The SMILES string of the molecule is C=CC(CCCCCCCCCCC(C(=C)C)C(=O)O)C(=O)O. The molecule has 132 valence electrons. The molecule has 2 atom stereocenters. The smallest absolute Gasteiger partial charge is 0.310 e. The summed E-state index contributed by atoms with van der Waals surface area (Å²) in [5.74, 6) is -2.36. The predicted molar refractivity (Wildman–Crippen MR) is 93.4 cm³/mol. The highest BCUT2D eigenvalue weighted by molar-refractivity contribution is 5.73. The standard InChI is InChI=1S/C19H32O4/c1-4-16(18(20)21)13-11-9-7-5-6-8-10-12-14-17(15(2)3)19(22)23/h4,16-17H,1-2,5-14H2,3H3,(H,20,21)(H,22,23). The highest BCUT2D eigenvalue weighted by Gasteiger charge is 2.17. The van der Waals surface area contributed by atoms with Gasteiger partial charge in [-0.25, -0.2) is 0 Å². The van der Waals surface area contributed by atoms with Crippen molar-refractivity contribution < 1.29 is 19.8 Å². The van der Waals surface area contributed by atoms with E-state index in [4.69, 9.17) is 10.2 Å². The summed E-state index contributed by atoms with van der Waals surface area (Å²) in [6.07, 6.45) is 11.5. The molecule has 0 rings (SSSR count). The fraction of sp³-hybridized carbons (Fsp3) is 0.684. The van der Waals surface area contributed by atoms with Gasteiger partial charge in [-0.05, 0) is 19.8 Å². The lowest BCUT2D eigenvalue weighted by Gasteiger charge is -2.11. The van der Waals surface area contributed by atoms with Crippen LogP contribution < -0.4 is 0 Å². The predicted octanol–water partition coefficient (Wildman–Crippen LogP) is 5.05. The maximum Gasteiger partial charge on any atom is 0.310 e. The van der Waals surface area contributed by atoms with Gasteiger partial charge in [0.2, 0.25) is 0 Å². The first kappa shape index (κ1) is 21.4. The number of carboxylic acid groups (broad SMARTS) is 2. The Labute approximate surface area is 140 Å². The van der Waals surface area contributed by atoms with Crippen LogP contribution in [-0.4, -0.2) is 22.2 Å². The topological polar surface area (TPSA) is 74.6 Å². The lowest BCUT2D eigenvalue weighted by molar-refractivity contribution is -0.141. The molecule has 0 spiro atoms. The maximum atomic E-state index is 11.0. The molecule has 0 aliphatic rings. The first-order valence-corrected chi connectivity index (χ1v) is 8.63. The van der Waals surface area contributed by atoms with Gasteiger partial charge in [0.25, 0.3) is 0 Å². The molecule has 0 aliphatic heterocycles. The van der Waals surface area contributed by atoms with Crippen LogP contribution in [0, 0.1) is 11.8 Å². The molecule has 4 heteroatoms. The van der Waals surface area contributed by atoms with E-state index in [2.05, 4.69) is 13.2 Å². The van der Waals surface area contributed by atoms with E-state index in [-0.39, 0.29) is 0 Å². The van der Waals surface area contributed by atoms with Crippen LogP contribution in [0.25, 0.3) is 0 Å². The molecule has 0 heterocycles. The molecule has 0 aromatic heterocycles. The zero-order valence-electron chi connectivity index (χ0n) is 14.4. The molecule has 0 amide bonds. The fourth-order valence-corrected chi connectivity index (χ4v) is 2.70. The first-order chi connectivity index (χ1) is 10.9. The average Bonchev–Trinajstić information content (AvgIpc) is 2.47. The molecule has 0 fully saturated rings. The molecule has 23 heavy (non-hydrogen) atoms. The van der Waals surface area contributed by atoms with E-state index in [1.807, 2.05) is 0 Å². The van der Waals surface area contributed by atoms with Crippen molar-refractivity contribution in [1.82, 2.24) is 0 Å². The van der Waals surface area contributed by atoms with E-state index in [1.54, 1.807) is 6.92 Å². The Morgan fingerprint density at radius 3 is 1.65 bits per heavy atom. The van der Waals surface area contributed by atoms with Gasteiger partial charge in [0.15, 0.2) is 0 Å². The third-order valence-electron chi connectivity index (χ3n) is 4.25. The zero-order valence-corrected chi connectivity index (χ0v) is 14.4. The van der Waals surface area contributed by atoms with Gasteiger partial charge in [0.05, 0.1) is 11.8 Å². The van der Waals surface area contributed by atoms with Crippen LogP contribution >= 0.6 is 0 Å². The molecule has 0 saturated carbocycles. The second kappa shape index (κ2) is 12.9. The van der Waals surface area contributed by atoms with Gasteiger partial charge in [-0.2, -0.15) is 0 Å². The van der Waals surface area contributed by atoms with Gasteiger partial charge < -0.3 is 10.2 Å². The van der Waals surface area contributed by atoms with Gasteiger partial charge >= 0.3 is 11.9 Å². The zero-order chi connectivity index (χ0) is 17.7. The van der Waals surface area contributed by atoms with Gasteiger partial charge in [-0.1, -0.05) is 69.6 Å². The Morgan fingerprint density at radius 2 is 1.30 bits per heavy atom. The van der Waals surface area contributed by atoms with Crippen molar-refractivity contribution in [2.75, 3.05) is 0 Å². The minimum Gasteiger partial charge on any atom is -0.481 e. The number of aliphatic carboxylic acids is 2. The summed E-state index contributed by atoms with van der Waals surface area (Å²) in [6.45, 7) is 9.07.